The van der Waals surface area contributed by atoms with Crippen molar-refractivity contribution in [3.05, 3.63) is 83.7 Å². The maximum atomic E-state index is 4.61. The van der Waals surface area contributed by atoms with E-state index in [4.69, 9.17) is 0 Å². The summed E-state index contributed by atoms with van der Waals surface area (Å²) >= 11 is 0. The minimum atomic E-state index is 0.209. The van der Waals surface area contributed by atoms with E-state index in [1.165, 1.54) is 25.7 Å². The Morgan fingerprint density at radius 1 is 0.769 bits per heavy atom. The molecule has 0 bridgehead atoms. The molecule has 0 saturated heterocycles. The van der Waals surface area contributed by atoms with Crippen molar-refractivity contribution >= 4 is 0 Å². The molecule has 2 aromatic carbocycles. The zero-order valence-corrected chi connectivity index (χ0v) is 23.2. The molecule has 6 nitrogen and oxygen atoms in total. The van der Waals surface area contributed by atoms with Crippen LogP contribution in [-0.4, -0.2) is 33.0 Å². The highest BCUT2D eigenvalue weighted by Gasteiger charge is 2.37. The lowest BCUT2D eigenvalue weighted by atomic mass is 10.1. The molecule has 200 valence electrons. The molecule has 0 radical (unpaired) electrons. The van der Waals surface area contributed by atoms with E-state index in [9.17, 15) is 0 Å². The fraction of sp³-hybridized carbons (Fsp3) is 0.394. The quantitative estimate of drug-likeness (QED) is 0.188. The average Bonchev–Trinajstić information content (AvgIpc) is 3.71. The van der Waals surface area contributed by atoms with Crippen LogP contribution >= 0.6 is 0 Å². The largest absolute Gasteiger partial charge is 0.341 e. The van der Waals surface area contributed by atoms with Crippen LogP contribution in [0.4, 0.5) is 0 Å². The minimum absolute atomic E-state index is 0.209. The van der Waals surface area contributed by atoms with Gasteiger partial charge in [-0.3, -0.25) is 0 Å². The predicted octanol–water partition coefficient (Wildman–Crippen LogP) is 6.21. The van der Waals surface area contributed by atoms with Crippen molar-refractivity contribution in [1.29, 1.82) is 0 Å². The number of aromatic amines is 2. The van der Waals surface area contributed by atoms with E-state index in [0.29, 0.717) is 10.8 Å². The van der Waals surface area contributed by atoms with Gasteiger partial charge in [-0.1, -0.05) is 50.0 Å². The fourth-order valence-corrected chi connectivity index (χ4v) is 4.67. The first-order valence-electron chi connectivity index (χ1n) is 14.1. The summed E-state index contributed by atoms with van der Waals surface area (Å²) in [5.74, 6) is 8.53. The fourth-order valence-electron chi connectivity index (χ4n) is 4.67. The van der Waals surface area contributed by atoms with Gasteiger partial charge in [-0.05, 0) is 78.8 Å². The molecule has 39 heavy (non-hydrogen) atoms. The Hall–Kier alpha value is -3.66. The highest BCUT2D eigenvalue weighted by atomic mass is 15.0. The number of aromatic nitrogens is 4. The summed E-state index contributed by atoms with van der Waals surface area (Å²) in [6, 6.07) is 16.9. The second-order valence-electron chi connectivity index (χ2n) is 12.2. The van der Waals surface area contributed by atoms with Crippen LogP contribution in [0.3, 0.4) is 0 Å². The summed E-state index contributed by atoms with van der Waals surface area (Å²) in [5, 5.41) is 7.14. The number of benzene rings is 2. The normalized spacial score (nSPS) is 17.3. The molecule has 2 aromatic heterocycles. The van der Waals surface area contributed by atoms with Gasteiger partial charge < -0.3 is 20.6 Å². The molecule has 1 atom stereocenters. The number of nitrogens with zero attached hydrogens (tertiary/aromatic N) is 2. The van der Waals surface area contributed by atoms with E-state index in [2.05, 4.69) is 112 Å². The highest BCUT2D eigenvalue weighted by Crippen LogP contribution is 2.44. The van der Waals surface area contributed by atoms with E-state index in [1.807, 2.05) is 12.4 Å². The van der Waals surface area contributed by atoms with Crippen molar-refractivity contribution in [2.75, 3.05) is 13.1 Å². The molecule has 4 N–H and O–H groups in total. The summed E-state index contributed by atoms with van der Waals surface area (Å²) in [5.41, 5.74) is 7.25. The van der Waals surface area contributed by atoms with Crippen molar-refractivity contribution in [3.8, 4) is 34.4 Å². The number of hydrogen-bond donors (Lipinski definition) is 4. The number of imidazole rings is 2. The Kier molecular flexibility index (Phi) is 6.88. The standard InChI is InChI=1S/C33H38N6/c1-23(37-22-33(3)16-17-33)31-36-19-29(39-31)27-12-8-25(9-13-27)5-4-24-6-10-26(11-7-24)28-18-35-30(38-28)20-34-21-32(2)14-15-32/h6-13,18-19,23,34,37H,14-17,20-22H2,1-3H3,(H,35,38)(H,36,39). The molecule has 6 heteroatoms. The van der Waals surface area contributed by atoms with E-state index in [1.54, 1.807) is 0 Å². The SMILES string of the molecule is CC(NCC1(C)CC1)c1ncc(-c2ccc(C#Cc3ccc(-c4cnc(CNCC5(C)CC5)[nH]4)cc3)cc2)[nH]1. The first-order valence-corrected chi connectivity index (χ1v) is 14.1. The zero-order chi connectivity index (χ0) is 26.9. The van der Waals surface area contributed by atoms with Gasteiger partial charge in [-0.15, -0.1) is 0 Å². The second-order valence-corrected chi connectivity index (χ2v) is 12.2. The van der Waals surface area contributed by atoms with Crippen LogP contribution in [0.2, 0.25) is 0 Å². The molecule has 0 spiro atoms. The number of rotatable bonds is 10. The van der Waals surface area contributed by atoms with Crippen molar-refractivity contribution in [2.45, 2.75) is 59.0 Å². The lowest BCUT2D eigenvalue weighted by Gasteiger charge is -2.15. The molecular formula is C33H38N6. The molecule has 0 amide bonds. The van der Waals surface area contributed by atoms with Crippen molar-refractivity contribution in [3.63, 3.8) is 0 Å². The lowest BCUT2D eigenvalue weighted by Crippen LogP contribution is -2.25. The van der Waals surface area contributed by atoms with Crippen LogP contribution in [0.5, 0.6) is 0 Å². The predicted molar refractivity (Wildman–Crippen MR) is 157 cm³/mol. The van der Waals surface area contributed by atoms with Gasteiger partial charge in [-0.25, -0.2) is 9.97 Å². The van der Waals surface area contributed by atoms with E-state index in [0.717, 1.165) is 64.9 Å². The molecule has 0 aliphatic heterocycles. The molecule has 2 heterocycles. The van der Waals surface area contributed by atoms with Crippen LogP contribution in [-0.2, 0) is 6.54 Å². The summed E-state index contributed by atoms with van der Waals surface area (Å²) < 4.78 is 0. The Morgan fingerprint density at radius 2 is 1.31 bits per heavy atom. The van der Waals surface area contributed by atoms with Crippen LogP contribution in [0.25, 0.3) is 22.5 Å². The first-order chi connectivity index (χ1) is 18.9. The van der Waals surface area contributed by atoms with E-state index in [-0.39, 0.29) is 6.04 Å². The monoisotopic (exact) mass is 518 g/mol. The van der Waals surface area contributed by atoms with Gasteiger partial charge in [0.15, 0.2) is 0 Å². The van der Waals surface area contributed by atoms with Crippen LogP contribution < -0.4 is 10.6 Å². The third kappa shape index (κ3) is 6.50. The maximum absolute atomic E-state index is 4.61. The molecule has 2 aliphatic carbocycles. The lowest BCUT2D eigenvalue weighted by molar-refractivity contribution is 0.448. The Balaban J connectivity index is 1.03. The Bertz CT molecular complexity index is 1470. The number of nitrogens with one attached hydrogen (secondary N) is 4. The molecule has 6 rings (SSSR count). The van der Waals surface area contributed by atoms with E-state index >= 15 is 0 Å². The Labute approximate surface area is 231 Å². The van der Waals surface area contributed by atoms with Crippen LogP contribution in [0, 0.1) is 22.7 Å². The van der Waals surface area contributed by atoms with Crippen LogP contribution in [0.1, 0.15) is 75.3 Å². The van der Waals surface area contributed by atoms with Crippen molar-refractivity contribution in [2.24, 2.45) is 10.8 Å². The van der Waals surface area contributed by atoms with Crippen molar-refractivity contribution < 1.29 is 0 Å². The molecule has 1 unspecified atom stereocenters. The average molecular weight is 519 g/mol. The van der Waals surface area contributed by atoms with Gasteiger partial charge >= 0.3 is 0 Å². The topological polar surface area (TPSA) is 81.4 Å². The summed E-state index contributed by atoms with van der Waals surface area (Å²) in [6.07, 6.45) is 9.12. The summed E-state index contributed by atoms with van der Waals surface area (Å²) in [7, 11) is 0. The van der Waals surface area contributed by atoms with E-state index < -0.39 is 0 Å². The van der Waals surface area contributed by atoms with Gasteiger partial charge in [0.05, 0.1) is 36.4 Å². The van der Waals surface area contributed by atoms with Crippen molar-refractivity contribution in [1.82, 2.24) is 30.6 Å². The number of hydrogen-bond acceptors (Lipinski definition) is 4. The molecular weight excluding hydrogens is 480 g/mol. The third-order valence-electron chi connectivity index (χ3n) is 8.26. The number of H-pyrrole nitrogens is 2. The molecule has 2 aliphatic rings. The van der Waals surface area contributed by atoms with Gasteiger partial charge in [0, 0.05) is 24.2 Å². The van der Waals surface area contributed by atoms with Gasteiger partial charge in [0.1, 0.15) is 11.6 Å². The minimum Gasteiger partial charge on any atom is -0.341 e. The van der Waals surface area contributed by atoms with Crippen LogP contribution in [0.15, 0.2) is 60.9 Å². The molecule has 2 fully saturated rings. The summed E-state index contributed by atoms with van der Waals surface area (Å²) in [4.78, 5) is 16.1. The zero-order valence-electron chi connectivity index (χ0n) is 23.2. The smallest absolute Gasteiger partial charge is 0.123 e. The molecule has 4 aromatic rings. The second kappa shape index (κ2) is 10.5. The Morgan fingerprint density at radius 3 is 1.90 bits per heavy atom. The molecule has 2 saturated carbocycles. The van der Waals surface area contributed by atoms with Gasteiger partial charge in [-0.2, -0.15) is 0 Å². The first kappa shape index (κ1) is 25.6. The highest BCUT2D eigenvalue weighted by molar-refractivity contribution is 5.62. The summed E-state index contributed by atoms with van der Waals surface area (Å²) in [6.45, 7) is 9.71. The van der Waals surface area contributed by atoms with Gasteiger partial charge in [0.2, 0.25) is 0 Å². The van der Waals surface area contributed by atoms with Gasteiger partial charge in [0.25, 0.3) is 0 Å². The third-order valence-corrected chi connectivity index (χ3v) is 8.26. The maximum Gasteiger partial charge on any atom is 0.123 e.